The van der Waals surface area contributed by atoms with Gasteiger partial charge in [0, 0.05) is 47.5 Å². The lowest BCUT2D eigenvalue weighted by atomic mass is 10.0. The van der Waals surface area contributed by atoms with Gasteiger partial charge in [-0.2, -0.15) is 0 Å². The number of nitrogens with one attached hydrogen (secondary N) is 1. The molecule has 2 heterocycles. The maximum Gasteiger partial charge on any atom is 0.255 e. The number of aldehydes is 1. The summed E-state index contributed by atoms with van der Waals surface area (Å²) in [4.78, 5) is 46.9. The summed E-state index contributed by atoms with van der Waals surface area (Å²) in [6, 6.07) is 2.91. The van der Waals surface area contributed by atoms with Crippen molar-refractivity contribution in [2.24, 2.45) is 4.99 Å². The zero-order valence-electron chi connectivity index (χ0n) is 18.5. The van der Waals surface area contributed by atoms with E-state index in [0.29, 0.717) is 28.6 Å². The Balaban J connectivity index is 2.43. The summed E-state index contributed by atoms with van der Waals surface area (Å²) in [5.74, 6) is -0.653. The van der Waals surface area contributed by atoms with E-state index in [1.54, 1.807) is 38.3 Å². The number of aliphatic imine (C=N–C) groups is 1. The van der Waals surface area contributed by atoms with Crippen molar-refractivity contribution in [2.75, 3.05) is 19.8 Å². The number of carbonyl (C=O) groups excluding carboxylic acids is 3. The number of Topliss-reactive ketones (excluding diaryl/α,β-unsaturated/α-hetero) is 1. The molecule has 0 spiro atoms. The second kappa shape index (κ2) is 11.6. The number of hydrogen-bond donors (Lipinski definition) is 1. The molecule has 0 aromatic carbocycles. The van der Waals surface area contributed by atoms with Crippen molar-refractivity contribution in [2.45, 2.75) is 26.8 Å². The number of carbonyl (C=O) groups is 3. The third-order valence-electron chi connectivity index (χ3n) is 4.98. The average Bonchev–Trinajstić information content (AvgIpc) is 3.12. The summed E-state index contributed by atoms with van der Waals surface area (Å²) in [5, 5.41) is 2.83. The van der Waals surface area contributed by atoms with E-state index in [9.17, 15) is 18.8 Å². The molecule has 1 aliphatic heterocycles. The van der Waals surface area contributed by atoms with E-state index in [0.717, 1.165) is 5.69 Å². The number of aromatic nitrogens is 1. The van der Waals surface area contributed by atoms with Crippen molar-refractivity contribution in [1.82, 2.24) is 15.2 Å². The molecule has 1 aromatic heterocycles. The van der Waals surface area contributed by atoms with Gasteiger partial charge in [-0.3, -0.25) is 24.4 Å². The van der Waals surface area contributed by atoms with Gasteiger partial charge in [0.1, 0.15) is 13.0 Å². The number of allylic oxidation sites excluding steroid dienone is 1. The Kier molecular flexibility index (Phi) is 8.95. The zero-order valence-corrected chi connectivity index (χ0v) is 18.5. The van der Waals surface area contributed by atoms with Crippen LogP contribution in [0.3, 0.4) is 0 Å². The number of halogens is 1. The fraction of sp³-hybridized carbons (Fsp3) is 0.292. The summed E-state index contributed by atoms with van der Waals surface area (Å²) in [6.45, 7) is 8.22. The van der Waals surface area contributed by atoms with Crippen LogP contribution >= 0.6 is 0 Å². The number of amides is 1. The van der Waals surface area contributed by atoms with Crippen molar-refractivity contribution < 1.29 is 18.8 Å². The van der Waals surface area contributed by atoms with Crippen LogP contribution in [0.2, 0.25) is 0 Å². The van der Waals surface area contributed by atoms with E-state index in [4.69, 9.17) is 0 Å². The Morgan fingerprint density at radius 1 is 1.44 bits per heavy atom. The molecule has 1 aliphatic rings. The lowest BCUT2D eigenvalue weighted by molar-refractivity contribution is -0.126. The highest BCUT2D eigenvalue weighted by Crippen LogP contribution is 2.28. The minimum atomic E-state index is -0.564. The van der Waals surface area contributed by atoms with Crippen molar-refractivity contribution in [3.63, 3.8) is 0 Å². The molecule has 32 heavy (non-hydrogen) atoms. The first kappa shape index (κ1) is 24.6. The highest BCUT2D eigenvalue weighted by atomic mass is 19.1. The highest BCUT2D eigenvalue weighted by molar-refractivity contribution is 6.17. The van der Waals surface area contributed by atoms with Gasteiger partial charge < -0.3 is 10.2 Å². The van der Waals surface area contributed by atoms with Gasteiger partial charge in [-0.15, -0.1) is 0 Å². The van der Waals surface area contributed by atoms with E-state index in [1.807, 2.05) is 6.92 Å². The van der Waals surface area contributed by atoms with Crippen LogP contribution in [0.4, 0.5) is 4.39 Å². The molecule has 0 bridgehead atoms. The minimum absolute atomic E-state index is 0.0674. The molecule has 1 amide bonds. The second-order valence-corrected chi connectivity index (χ2v) is 7.31. The van der Waals surface area contributed by atoms with Gasteiger partial charge >= 0.3 is 0 Å². The van der Waals surface area contributed by atoms with Gasteiger partial charge in [-0.05, 0) is 62.9 Å². The number of aryl methyl sites for hydroxylation is 1. The van der Waals surface area contributed by atoms with Gasteiger partial charge in [-0.1, -0.05) is 0 Å². The Labute approximate surface area is 187 Å². The number of hydrogen-bond acceptors (Lipinski definition) is 6. The maximum atomic E-state index is 13.2. The SMILES string of the molecule is C=N/C=C\C1=C(C(=O)c2ccc(C)nc2)CN(C(C)C(C=C(C)C=O)=CNCCF)C1=O. The lowest BCUT2D eigenvalue weighted by Crippen LogP contribution is -2.37. The normalized spacial score (nSPS) is 16.0. The van der Waals surface area contributed by atoms with E-state index >= 15 is 0 Å². The molecule has 1 N–H and O–H groups in total. The van der Waals surface area contributed by atoms with Gasteiger partial charge in [0.15, 0.2) is 5.78 Å². The Morgan fingerprint density at radius 3 is 2.78 bits per heavy atom. The average molecular weight is 439 g/mol. The van der Waals surface area contributed by atoms with Crippen LogP contribution in [0.5, 0.6) is 0 Å². The molecule has 7 nitrogen and oxygen atoms in total. The molecule has 168 valence electrons. The quantitative estimate of drug-likeness (QED) is 0.143. The zero-order chi connectivity index (χ0) is 23.7. The third kappa shape index (κ3) is 5.94. The molecule has 2 rings (SSSR count). The van der Waals surface area contributed by atoms with Crippen LogP contribution in [0.15, 0.2) is 70.2 Å². The Bertz CT molecular complexity index is 1010. The summed E-state index contributed by atoms with van der Waals surface area (Å²) in [7, 11) is 0. The van der Waals surface area contributed by atoms with Gasteiger partial charge in [0.25, 0.3) is 5.91 Å². The second-order valence-electron chi connectivity index (χ2n) is 7.31. The van der Waals surface area contributed by atoms with Gasteiger partial charge in [-0.25, -0.2) is 4.39 Å². The predicted octanol–water partition coefficient (Wildman–Crippen LogP) is 2.90. The first-order chi connectivity index (χ1) is 15.3. The number of ketones is 1. The number of nitrogens with zero attached hydrogens (tertiary/aromatic N) is 3. The van der Waals surface area contributed by atoms with Crippen LogP contribution in [-0.4, -0.2) is 60.4 Å². The van der Waals surface area contributed by atoms with Crippen LogP contribution in [-0.2, 0) is 9.59 Å². The smallest absolute Gasteiger partial charge is 0.255 e. The molecule has 8 heteroatoms. The molecule has 0 fully saturated rings. The molecule has 1 aromatic rings. The van der Waals surface area contributed by atoms with Crippen molar-refractivity contribution >= 4 is 24.7 Å². The van der Waals surface area contributed by atoms with Crippen molar-refractivity contribution in [3.8, 4) is 0 Å². The van der Waals surface area contributed by atoms with Crippen LogP contribution < -0.4 is 5.32 Å². The molecule has 1 atom stereocenters. The molecular weight excluding hydrogens is 411 g/mol. The Morgan fingerprint density at radius 2 is 2.19 bits per heavy atom. The van der Waals surface area contributed by atoms with Crippen molar-refractivity contribution in [1.29, 1.82) is 0 Å². The summed E-state index contributed by atoms with van der Waals surface area (Å²) >= 11 is 0. The molecule has 0 saturated heterocycles. The fourth-order valence-corrected chi connectivity index (χ4v) is 3.20. The summed E-state index contributed by atoms with van der Waals surface area (Å²) in [6.07, 6.45) is 8.21. The van der Waals surface area contributed by atoms with Crippen LogP contribution in [0, 0.1) is 6.92 Å². The van der Waals surface area contributed by atoms with Crippen LogP contribution in [0.1, 0.15) is 29.9 Å². The van der Waals surface area contributed by atoms with E-state index in [-0.39, 0.29) is 30.4 Å². The largest absolute Gasteiger partial charge is 0.388 e. The Hall–Kier alpha value is -3.68. The highest BCUT2D eigenvalue weighted by Gasteiger charge is 2.36. The predicted molar refractivity (Wildman–Crippen MR) is 122 cm³/mol. The van der Waals surface area contributed by atoms with Crippen molar-refractivity contribution in [3.05, 3.63) is 76.4 Å². The first-order valence-electron chi connectivity index (χ1n) is 10.1. The van der Waals surface area contributed by atoms with Crippen LogP contribution in [0.25, 0.3) is 0 Å². The molecule has 0 radical (unpaired) electrons. The van der Waals surface area contributed by atoms with E-state index < -0.39 is 12.7 Å². The monoisotopic (exact) mass is 438 g/mol. The number of pyridine rings is 1. The summed E-state index contributed by atoms with van der Waals surface area (Å²) < 4.78 is 12.5. The third-order valence-corrected chi connectivity index (χ3v) is 4.98. The maximum absolute atomic E-state index is 13.2. The molecule has 1 unspecified atom stereocenters. The van der Waals surface area contributed by atoms with E-state index in [2.05, 4.69) is 22.0 Å². The number of rotatable bonds is 11. The summed E-state index contributed by atoms with van der Waals surface area (Å²) in [5.41, 5.74) is 2.75. The lowest BCUT2D eigenvalue weighted by Gasteiger charge is -2.26. The van der Waals surface area contributed by atoms with Gasteiger partial charge in [0.05, 0.1) is 12.6 Å². The standard InChI is InChI=1S/C24H27FN4O3/c1-16(15-30)11-20(12-27-10-8-25)18(3)29-14-22(21(24(29)32)7-9-26-4)23(31)19-6-5-17(2)28-13-19/h5-7,9,11-13,15,18,27H,4,8,10,14H2,1-3H3/b9-7-,16-11?,20-12?. The topological polar surface area (TPSA) is 91.7 Å². The van der Waals surface area contributed by atoms with Gasteiger partial charge in [0.2, 0.25) is 0 Å². The first-order valence-corrected chi connectivity index (χ1v) is 10.1. The minimum Gasteiger partial charge on any atom is -0.388 e. The molecular formula is C24H27FN4O3. The fourth-order valence-electron chi connectivity index (χ4n) is 3.20. The molecule has 0 aliphatic carbocycles. The number of alkyl halides is 1. The van der Waals surface area contributed by atoms with E-state index in [1.165, 1.54) is 23.4 Å². The molecule has 0 saturated carbocycles.